The second-order valence-electron chi connectivity index (χ2n) is 6.73. The molecule has 0 aliphatic rings. The molecule has 8 heteroatoms. The number of non-ortho nitro benzene ring substituents is 1. The van der Waals surface area contributed by atoms with Crippen molar-refractivity contribution in [2.75, 3.05) is 0 Å². The first kappa shape index (κ1) is 20.5. The summed E-state index contributed by atoms with van der Waals surface area (Å²) in [7, 11) is 0. The highest BCUT2D eigenvalue weighted by Gasteiger charge is 2.09. The topological polar surface area (TPSA) is 97.7 Å². The molecule has 4 aromatic rings. The highest BCUT2D eigenvalue weighted by atomic mass is 79.9. The molecule has 7 nitrogen and oxygen atoms in total. The number of benzene rings is 3. The summed E-state index contributed by atoms with van der Waals surface area (Å²) in [6, 6.07) is 21.2. The molecule has 0 atom stereocenters. The van der Waals surface area contributed by atoms with Gasteiger partial charge in [0.1, 0.15) is 11.5 Å². The zero-order chi connectivity index (χ0) is 21.8. The minimum Gasteiger partial charge on any atom is -0.455 e. The van der Waals surface area contributed by atoms with Crippen molar-refractivity contribution in [3.05, 3.63) is 98.7 Å². The fourth-order valence-electron chi connectivity index (χ4n) is 3.18. The molecule has 0 spiro atoms. The van der Waals surface area contributed by atoms with E-state index in [-0.39, 0.29) is 18.0 Å². The SMILES string of the molecule is O=C(Cc1ccc(Br)c2ccccc12)NN=Cc1ccc(-c2ccc([N+](=O)[O-])cc2)o1. The van der Waals surface area contributed by atoms with Crippen molar-refractivity contribution in [3.63, 3.8) is 0 Å². The Hall–Kier alpha value is -3.78. The number of carbonyl (C=O) groups is 1. The fraction of sp³-hybridized carbons (Fsp3) is 0.0435. The molecule has 1 aromatic heterocycles. The van der Waals surface area contributed by atoms with E-state index in [4.69, 9.17) is 4.42 Å². The normalized spacial score (nSPS) is 11.1. The van der Waals surface area contributed by atoms with Crippen molar-refractivity contribution in [2.24, 2.45) is 5.10 Å². The summed E-state index contributed by atoms with van der Waals surface area (Å²) < 4.78 is 6.64. The molecular weight excluding hydrogens is 462 g/mol. The van der Waals surface area contributed by atoms with Gasteiger partial charge in [0.05, 0.1) is 17.6 Å². The van der Waals surface area contributed by atoms with Crippen LogP contribution in [0.5, 0.6) is 0 Å². The average Bonchev–Trinajstić information content (AvgIpc) is 3.25. The Morgan fingerprint density at radius 3 is 2.52 bits per heavy atom. The monoisotopic (exact) mass is 477 g/mol. The van der Waals surface area contributed by atoms with Crippen LogP contribution in [0.3, 0.4) is 0 Å². The third-order valence-corrected chi connectivity index (χ3v) is 5.37. The molecule has 0 aliphatic heterocycles. The third kappa shape index (κ3) is 4.70. The van der Waals surface area contributed by atoms with Crippen LogP contribution in [-0.4, -0.2) is 17.0 Å². The number of fused-ring (bicyclic) bond motifs is 1. The van der Waals surface area contributed by atoms with Crippen molar-refractivity contribution >= 4 is 44.5 Å². The molecule has 154 valence electrons. The highest BCUT2D eigenvalue weighted by Crippen LogP contribution is 2.27. The van der Waals surface area contributed by atoms with Gasteiger partial charge < -0.3 is 4.42 Å². The molecule has 1 amide bonds. The first-order chi connectivity index (χ1) is 15.0. The number of carbonyl (C=O) groups excluding carboxylic acids is 1. The van der Waals surface area contributed by atoms with Crippen LogP contribution in [0.25, 0.3) is 22.1 Å². The maximum Gasteiger partial charge on any atom is 0.269 e. The van der Waals surface area contributed by atoms with Gasteiger partial charge in [-0.15, -0.1) is 0 Å². The Balaban J connectivity index is 1.40. The number of hydrogen-bond donors (Lipinski definition) is 1. The summed E-state index contributed by atoms with van der Waals surface area (Å²) >= 11 is 3.53. The summed E-state index contributed by atoms with van der Waals surface area (Å²) in [6.07, 6.45) is 1.60. The van der Waals surface area contributed by atoms with Gasteiger partial charge in [0.2, 0.25) is 5.91 Å². The van der Waals surface area contributed by atoms with Crippen LogP contribution in [0.2, 0.25) is 0 Å². The number of nitro groups is 1. The van der Waals surface area contributed by atoms with E-state index in [9.17, 15) is 14.9 Å². The molecule has 0 aliphatic carbocycles. The molecule has 0 bridgehead atoms. The second-order valence-corrected chi connectivity index (χ2v) is 7.58. The van der Waals surface area contributed by atoms with E-state index in [1.807, 2.05) is 36.4 Å². The third-order valence-electron chi connectivity index (χ3n) is 4.68. The maximum atomic E-state index is 12.3. The van der Waals surface area contributed by atoms with E-state index in [0.29, 0.717) is 17.1 Å². The Labute approximate surface area is 185 Å². The lowest BCUT2D eigenvalue weighted by atomic mass is 10.0. The van der Waals surface area contributed by atoms with E-state index in [0.717, 1.165) is 20.8 Å². The van der Waals surface area contributed by atoms with Crippen LogP contribution in [0.15, 0.2) is 86.8 Å². The molecule has 0 saturated heterocycles. The minimum atomic E-state index is -0.455. The number of amides is 1. The number of rotatable bonds is 6. The van der Waals surface area contributed by atoms with Crippen molar-refractivity contribution in [1.82, 2.24) is 5.43 Å². The Kier molecular flexibility index (Phi) is 5.90. The number of hydrazone groups is 1. The number of halogens is 1. The second kappa shape index (κ2) is 8.93. The Bertz CT molecular complexity index is 1300. The summed E-state index contributed by atoms with van der Waals surface area (Å²) in [4.78, 5) is 22.6. The van der Waals surface area contributed by atoms with Crippen LogP contribution >= 0.6 is 15.9 Å². The van der Waals surface area contributed by atoms with Crippen LogP contribution < -0.4 is 5.43 Å². The minimum absolute atomic E-state index is 0.0124. The Morgan fingerprint density at radius 1 is 1.03 bits per heavy atom. The quantitative estimate of drug-likeness (QED) is 0.226. The van der Waals surface area contributed by atoms with Gasteiger partial charge in [-0.2, -0.15) is 5.10 Å². The van der Waals surface area contributed by atoms with Gasteiger partial charge in [-0.05, 0) is 46.7 Å². The molecule has 1 N–H and O–H groups in total. The van der Waals surface area contributed by atoms with Crippen LogP contribution in [0.4, 0.5) is 5.69 Å². The standard InChI is InChI=1S/C23H16BrN3O4/c24-21-11-7-16(19-3-1-2-4-20(19)21)13-23(28)26-25-14-18-10-12-22(31-18)15-5-8-17(9-6-15)27(29)30/h1-12,14H,13H2,(H,26,28). The molecule has 0 fully saturated rings. The first-order valence-corrected chi connectivity index (χ1v) is 10.1. The van der Waals surface area contributed by atoms with E-state index in [1.165, 1.54) is 18.3 Å². The number of hydrogen-bond acceptors (Lipinski definition) is 5. The van der Waals surface area contributed by atoms with Crippen molar-refractivity contribution < 1.29 is 14.1 Å². The summed E-state index contributed by atoms with van der Waals surface area (Å²) in [5.41, 5.74) is 4.14. The van der Waals surface area contributed by atoms with E-state index in [2.05, 4.69) is 26.5 Å². The number of nitrogens with one attached hydrogen (secondary N) is 1. The van der Waals surface area contributed by atoms with Gasteiger partial charge in [-0.1, -0.05) is 46.3 Å². The van der Waals surface area contributed by atoms with Gasteiger partial charge in [-0.25, -0.2) is 5.43 Å². The highest BCUT2D eigenvalue weighted by molar-refractivity contribution is 9.10. The van der Waals surface area contributed by atoms with E-state index >= 15 is 0 Å². The van der Waals surface area contributed by atoms with Crippen molar-refractivity contribution in [3.8, 4) is 11.3 Å². The Morgan fingerprint density at radius 2 is 1.77 bits per heavy atom. The van der Waals surface area contributed by atoms with Gasteiger partial charge in [0.25, 0.3) is 5.69 Å². The van der Waals surface area contributed by atoms with Gasteiger partial charge >= 0.3 is 0 Å². The molecule has 0 unspecified atom stereocenters. The zero-order valence-electron chi connectivity index (χ0n) is 16.1. The fourth-order valence-corrected chi connectivity index (χ4v) is 3.66. The lowest BCUT2D eigenvalue weighted by molar-refractivity contribution is -0.384. The van der Waals surface area contributed by atoms with Gasteiger partial charge in [-0.3, -0.25) is 14.9 Å². The van der Waals surface area contributed by atoms with Crippen LogP contribution in [0, 0.1) is 10.1 Å². The van der Waals surface area contributed by atoms with Gasteiger partial charge in [0, 0.05) is 22.2 Å². The smallest absolute Gasteiger partial charge is 0.269 e. The molecule has 0 saturated carbocycles. The summed E-state index contributed by atoms with van der Waals surface area (Å²) in [6.45, 7) is 0. The van der Waals surface area contributed by atoms with E-state index < -0.39 is 4.92 Å². The first-order valence-electron chi connectivity index (χ1n) is 9.34. The predicted octanol–water partition coefficient (Wildman–Crippen LogP) is 5.46. The molecule has 0 radical (unpaired) electrons. The molecular formula is C23H16BrN3O4. The summed E-state index contributed by atoms with van der Waals surface area (Å²) in [5.74, 6) is 0.748. The zero-order valence-corrected chi connectivity index (χ0v) is 17.7. The number of nitro benzene ring substituents is 1. The maximum absolute atomic E-state index is 12.3. The van der Waals surface area contributed by atoms with E-state index in [1.54, 1.807) is 24.3 Å². The predicted molar refractivity (Wildman–Crippen MR) is 122 cm³/mol. The van der Waals surface area contributed by atoms with Crippen molar-refractivity contribution in [2.45, 2.75) is 6.42 Å². The number of furan rings is 1. The van der Waals surface area contributed by atoms with Crippen LogP contribution in [0.1, 0.15) is 11.3 Å². The number of nitrogens with zero attached hydrogens (tertiary/aromatic N) is 2. The lowest BCUT2D eigenvalue weighted by Gasteiger charge is -2.07. The molecule has 31 heavy (non-hydrogen) atoms. The lowest BCUT2D eigenvalue weighted by Crippen LogP contribution is -2.19. The largest absolute Gasteiger partial charge is 0.455 e. The van der Waals surface area contributed by atoms with Crippen molar-refractivity contribution in [1.29, 1.82) is 0 Å². The molecule has 1 heterocycles. The summed E-state index contributed by atoms with van der Waals surface area (Å²) in [5, 5.41) is 16.8. The molecule has 3 aromatic carbocycles. The average molecular weight is 478 g/mol. The van der Waals surface area contributed by atoms with Crippen LogP contribution in [-0.2, 0) is 11.2 Å². The van der Waals surface area contributed by atoms with Gasteiger partial charge in [0.15, 0.2) is 0 Å². The molecule has 4 rings (SSSR count).